The number of hydrogen-bond donors (Lipinski definition) is 2. The minimum atomic E-state index is -1.28. The molecule has 1 aliphatic carbocycles. The van der Waals surface area contributed by atoms with E-state index >= 15 is 4.39 Å². The van der Waals surface area contributed by atoms with Crippen molar-refractivity contribution in [2.75, 3.05) is 31.1 Å². The number of morpholine rings is 1. The highest BCUT2D eigenvalue weighted by molar-refractivity contribution is 5.89. The maximum Gasteiger partial charge on any atom is 0.341 e. The molecule has 0 aromatic carbocycles. The van der Waals surface area contributed by atoms with Gasteiger partial charge in [0, 0.05) is 19.6 Å². The van der Waals surface area contributed by atoms with E-state index in [4.69, 9.17) is 4.74 Å². The summed E-state index contributed by atoms with van der Waals surface area (Å²) in [6, 6.07) is 1.64. The van der Waals surface area contributed by atoms with Crippen LogP contribution in [0.2, 0.25) is 0 Å². The number of ether oxygens (including phenoxy) is 1. The van der Waals surface area contributed by atoms with E-state index in [0.29, 0.717) is 36.5 Å². The molecule has 28 heavy (non-hydrogen) atoms. The molecule has 7 nitrogen and oxygen atoms in total. The van der Waals surface area contributed by atoms with Crippen molar-refractivity contribution in [3.8, 4) is 0 Å². The monoisotopic (exact) mass is 387 g/mol. The zero-order valence-electron chi connectivity index (χ0n) is 15.6. The predicted molar refractivity (Wildman–Crippen MR) is 101 cm³/mol. The number of aromatic carboxylic acids is 1. The molecule has 2 aromatic rings. The molecule has 2 saturated heterocycles. The van der Waals surface area contributed by atoms with Crippen LogP contribution in [-0.4, -0.2) is 53.9 Å². The van der Waals surface area contributed by atoms with Crippen molar-refractivity contribution >= 4 is 17.2 Å². The molecule has 8 heteroatoms. The molecule has 3 aliphatic rings. The summed E-state index contributed by atoms with van der Waals surface area (Å²) in [5.41, 5.74) is 1.61. The molecule has 4 heterocycles. The number of pyridine rings is 2. The van der Waals surface area contributed by atoms with Gasteiger partial charge in [0.25, 0.3) is 5.56 Å². The molecule has 0 unspecified atom stereocenters. The first kappa shape index (κ1) is 17.6. The Morgan fingerprint density at radius 3 is 2.82 bits per heavy atom. The van der Waals surface area contributed by atoms with Gasteiger partial charge in [0.2, 0.25) is 0 Å². The fraction of sp³-hybridized carbons (Fsp3) is 0.500. The van der Waals surface area contributed by atoms with Crippen LogP contribution in [0.15, 0.2) is 17.1 Å². The lowest BCUT2D eigenvalue weighted by molar-refractivity contribution is 0.0212. The molecule has 0 radical (unpaired) electrons. The average Bonchev–Trinajstić information content (AvgIpc) is 3.41. The van der Waals surface area contributed by atoms with Gasteiger partial charge in [-0.1, -0.05) is 0 Å². The number of nitrogens with zero attached hydrogens (tertiary/aromatic N) is 2. The van der Waals surface area contributed by atoms with E-state index in [0.717, 1.165) is 31.1 Å². The van der Waals surface area contributed by atoms with Crippen molar-refractivity contribution in [3.05, 3.63) is 45.1 Å². The summed E-state index contributed by atoms with van der Waals surface area (Å²) in [5.74, 6) is -1.58. The Hall–Kier alpha value is -2.45. The number of hydrogen-bond acceptors (Lipinski definition) is 5. The second-order valence-electron chi connectivity index (χ2n) is 7.94. The van der Waals surface area contributed by atoms with Crippen LogP contribution >= 0.6 is 0 Å². The van der Waals surface area contributed by atoms with E-state index in [-0.39, 0.29) is 23.6 Å². The van der Waals surface area contributed by atoms with Crippen molar-refractivity contribution < 1.29 is 19.0 Å². The quantitative estimate of drug-likeness (QED) is 0.831. The first-order valence-corrected chi connectivity index (χ1v) is 9.67. The number of rotatable bonds is 3. The molecular formula is C20H22FN3O4. The van der Waals surface area contributed by atoms with Gasteiger partial charge in [0.15, 0.2) is 5.82 Å². The lowest BCUT2D eigenvalue weighted by atomic mass is 10.0. The number of carboxylic acids is 1. The number of anilines is 1. The minimum Gasteiger partial charge on any atom is -0.477 e. The van der Waals surface area contributed by atoms with Crippen LogP contribution in [-0.2, 0) is 4.74 Å². The van der Waals surface area contributed by atoms with E-state index in [1.165, 1.54) is 10.5 Å². The number of fused-ring (bicyclic) bond motifs is 2. The van der Waals surface area contributed by atoms with Crippen LogP contribution in [0.4, 0.5) is 10.1 Å². The SMILES string of the molecule is Cc1c(N2C[C@H]3NCCO[C@@H]3C2)c(F)cn2c(=O)c(C(=O)O)cc(C3CC3)c12. The van der Waals surface area contributed by atoms with Gasteiger partial charge in [-0.15, -0.1) is 0 Å². The molecule has 3 fully saturated rings. The molecule has 2 N–H and O–H groups in total. The second kappa shape index (κ2) is 6.28. The highest BCUT2D eigenvalue weighted by Crippen LogP contribution is 2.44. The number of aryl methyl sites for hydroxylation is 1. The van der Waals surface area contributed by atoms with E-state index in [9.17, 15) is 14.7 Å². The maximum absolute atomic E-state index is 15.2. The standard InChI is InChI=1S/C20H22FN3O4/c1-10-17-12(11-2-3-11)6-13(20(26)27)19(25)24(17)7-14(21)18(10)23-8-15-16(9-23)28-5-4-22-15/h6-7,11,15-16,22H,2-5,8-9H2,1H3,(H,26,27)/t15-,16-/m1/s1. The van der Waals surface area contributed by atoms with Crippen LogP contribution in [0.25, 0.3) is 5.52 Å². The van der Waals surface area contributed by atoms with Gasteiger partial charge in [-0.2, -0.15) is 0 Å². The summed E-state index contributed by atoms with van der Waals surface area (Å²) in [7, 11) is 0. The van der Waals surface area contributed by atoms with E-state index in [1.54, 1.807) is 0 Å². The lowest BCUT2D eigenvalue weighted by Crippen LogP contribution is -2.47. The zero-order chi connectivity index (χ0) is 19.6. The Kier molecular flexibility index (Phi) is 3.96. The average molecular weight is 387 g/mol. The van der Waals surface area contributed by atoms with Gasteiger partial charge in [0.05, 0.1) is 36.2 Å². The molecular weight excluding hydrogens is 365 g/mol. The Balaban J connectivity index is 1.70. The van der Waals surface area contributed by atoms with Gasteiger partial charge >= 0.3 is 5.97 Å². The molecule has 2 atom stereocenters. The number of carbonyl (C=O) groups is 1. The highest BCUT2D eigenvalue weighted by Gasteiger charge is 2.38. The Labute approximate surface area is 160 Å². The first-order chi connectivity index (χ1) is 13.5. The molecule has 0 amide bonds. The van der Waals surface area contributed by atoms with Crippen molar-refractivity contribution in [1.82, 2.24) is 9.72 Å². The lowest BCUT2D eigenvalue weighted by Gasteiger charge is -2.25. The Bertz CT molecular complexity index is 1030. The van der Waals surface area contributed by atoms with Crippen LogP contribution in [0.3, 0.4) is 0 Å². The summed E-state index contributed by atoms with van der Waals surface area (Å²) < 4.78 is 22.2. The third kappa shape index (κ3) is 2.62. The van der Waals surface area contributed by atoms with Crippen LogP contribution in [0.1, 0.15) is 40.2 Å². The van der Waals surface area contributed by atoms with E-state index in [1.807, 2.05) is 11.8 Å². The van der Waals surface area contributed by atoms with Crippen LogP contribution in [0.5, 0.6) is 0 Å². The summed E-state index contributed by atoms with van der Waals surface area (Å²) in [6.45, 7) is 4.47. The fourth-order valence-electron chi connectivity index (χ4n) is 4.67. The van der Waals surface area contributed by atoms with Crippen molar-refractivity contribution in [2.24, 2.45) is 0 Å². The molecule has 1 saturated carbocycles. The number of carboxylic acid groups (broad SMARTS) is 1. The van der Waals surface area contributed by atoms with Gasteiger partial charge in [0.1, 0.15) is 5.56 Å². The second-order valence-corrected chi connectivity index (χ2v) is 7.94. The first-order valence-electron chi connectivity index (χ1n) is 9.67. The summed E-state index contributed by atoms with van der Waals surface area (Å²) in [6.07, 6.45) is 3.06. The normalized spacial score (nSPS) is 24.6. The maximum atomic E-state index is 15.2. The third-order valence-electron chi connectivity index (χ3n) is 6.11. The minimum absolute atomic E-state index is 0.0169. The van der Waals surface area contributed by atoms with Crippen molar-refractivity contribution in [1.29, 1.82) is 0 Å². The van der Waals surface area contributed by atoms with Gasteiger partial charge in [-0.05, 0) is 42.9 Å². The van der Waals surface area contributed by atoms with Crippen LogP contribution < -0.4 is 15.8 Å². The van der Waals surface area contributed by atoms with E-state index < -0.39 is 17.3 Å². The fourth-order valence-corrected chi connectivity index (χ4v) is 4.67. The molecule has 0 bridgehead atoms. The molecule has 5 rings (SSSR count). The van der Waals surface area contributed by atoms with E-state index in [2.05, 4.69) is 5.32 Å². The van der Waals surface area contributed by atoms with Crippen LogP contribution in [0, 0.1) is 12.7 Å². The summed E-state index contributed by atoms with van der Waals surface area (Å²) in [4.78, 5) is 26.2. The third-order valence-corrected chi connectivity index (χ3v) is 6.11. The van der Waals surface area contributed by atoms with Gasteiger partial charge in [-0.3, -0.25) is 9.20 Å². The largest absolute Gasteiger partial charge is 0.477 e. The molecule has 0 spiro atoms. The number of nitrogens with one attached hydrogen (secondary N) is 1. The Morgan fingerprint density at radius 1 is 1.36 bits per heavy atom. The number of halogens is 1. The van der Waals surface area contributed by atoms with Gasteiger partial charge < -0.3 is 20.1 Å². The molecule has 2 aliphatic heterocycles. The predicted octanol–water partition coefficient (Wildman–Crippen LogP) is 1.50. The van der Waals surface area contributed by atoms with Gasteiger partial charge in [-0.25, -0.2) is 9.18 Å². The summed E-state index contributed by atoms with van der Waals surface area (Å²) in [5, 5.41) is 12.8. The number of aromatic nitrogens is 1. The topological polar surface area (TPSA) is 83.3 Å². The molecule has 2 aromatic heterocycles. The smallest absolute Gasteiger partial charge is 0.341 e. The summed E-state index contributed by atoms with van der Waals surface area (Å²) >= 11 is 0. The highest BCUT2D eigenvalue weighted by atomic mass is 19.1. The van der Waals surface area contributed by atoms with Crippen molar-refractivity contribution in [2.45, 2.75) is 37.8 Å². The molecule has 148 valence electrons. The van der Waals surface area contributed by atoms with Crippen molar-refractivity contribution in [3.63, 3.8) is 0 Å². The zero-order valence-corrected chi connectivity index (χ0v) is 15.6. The Morgan fingerprint density at radius 2 is 2.14 bits per heavy atom.